The van der Waals surface area contributed by atoms with Gasteiger partial charge in [0.1, 0.15) is 5.69 Å². The van der Waals surface area contributed by atoms with Crippen LogP contribution in [0.2, 0.25) is 0 Å². The molecule has 2 heterocycles. The van der Waals surface area contributed by atoms with Crippen molar-refractivity contribution in [2.24, 2.45) is 5.92 Å². The average Bonchev–Trinajstić information content (AvgIpc) is 2.35. The summed E-state index contributed by atoms with van der Waals surface area (Å²) in [6.45, 7) is 5.24. The molecule has 0 spiro atoms. The minimum atomic E-state index is -0.949. The van der Waals surface area contributed by atoms with Crippen LogP contribution in [0.3, 0.4) is 0 Å². The fourth-order valence-corrected chi connectivity index (χ4v) is 2.29. The molecule has 1 aromatic rings. The maximum atomic E-state index is 10.9. The third kappa shape index (κ3) is 3.07. The van der Waals surface area contributed by atoms with Crippen molar-refractivity contribution in [3.63, 3.8) is 0 Å². The van der Waals surface area contributed by atoms with Gasteiger partial charge in [0.15, 0.2) is 0 Å². The molecule has 4 nitrogen and oxygen atoms in total. The third-order valence-corrected chi connectivity index (χ3v) is 3.40. The van der Waals surface area contributed by atoms with Crippen LogP contribution in [0.5, 0.6) is 0 Å². The van der Waals surface area contributed by atoms with Gasteiger partial charge in [-0.05, 0) is 30.4 Å². The maximum absolute atomic E-state index is 10.9. The van der Waals surface area contributed by atoms with Crippen molar-refractivity contribution >= 4 is 5.97 Å². The van der Waals surface area contributed by atoms with Crippen molar-refractivity contribution < 1.29 is 9.90 Å². The van der Waals surface area contributed by atoms with Gasteiger partial charge in [0.2, 0.25) is 0 Å². The zero-order chi connectivity index (χ0) is 13.1. The van der Waals surface area contributed by atoms with E-state index in [9.17, 15) is 4.79 Å². The molecule has 1 atom stereocenters. The second-order valence-corrected chi connectivity index (χ2v) is 5.36. The number of hydrogen-bond donors (Lipinski definition) is 2. The molecule has 0 saturated carbocycles. The van der Waals surface area contributed by atoms with Gasteiger partial charge in [0.25, 0.3) is 0 Å². The molecule has 0 saturated heterocycles. The van der Waals surface area contributed by atoms with Gasteiger partial charge in [-0.25, -0.2) is 9.78 Å². The molecule has 0 bridgehead atoms. The smallest absolute Gasteiger partial charge is 0.354 e. The van der Waals surface area contributed by atoms with Crippen LogP contribution in [0.15, 0.2) is 12.1 Å². The third-order valence-electron chi connectivity index (χ3n) is 3.40. The average molecular weight is 248 g/mol. The number of aromatic carboxylic acids is 1. The topological polar surface area (TPSA) is 62.2 Å². The van der Waals surface area contributed by atoms with Gasteiger partial charge >= 0.3 is 5.97 Å². The molecule has 18 heavy (non-hydrogen) atoms. The van der Waals surface area contributed by atoms with Crippen LogP contribution in [-0.2, 0) is 13.0 Å². The Labute approximate surface area is 107 Å². The summed E-state index contributed by atoms with van der Waals surface area (Å²) in [5.74, 6) is -0.249. The van der Waals surface area contributed by atoms with E-state index >= 15 is 0 Å². The quantitative estimate of drug-likeness (QED) is 0.857. The highest BCUT2D eigenvalue weighted by molar-refractivity contribution is 5.85. The largest absolute Gasteiger partial charge is 0.477 e. The Morgan fingerprint density at radius 2 is 2.33 bits per heavy atom. The van der Waals surface area contributed by atoms with Gasteiger partial charge < -0.3 is 10.4 Å². The predicted molar refractivity (Wildman–Crippen MR) is 69.6 cm³/mol. The van der Waals surface area contributed by atoms with E-state index in [0.29, 0.717) is 12.0 Å². The first-order chi connectivity index (χ1) is 8.56. The molecule has 0 aliphatic carbocycles. The molecular formula is C14H20N2O2. The molecule has 0 amide bonds. The van der Waals surface area contributed by atoms with E-state index in [1.54, 1.807) is 6.07 Å². The Kier molecular flexibility index (Phi) is 3.97. The summed E-state index contributed by atoms with van der Waals surface area (Å²) < 4.78 is 0. The van der Waals surface area contributed by atoms with Crippen LogP contribution >= 0.6 is 0 Å². The Bertz CT molecular complexity index is 443. The number of carbonyl (C=O) groups is 1. The highest BCUT2D eigenvalue weighted by Crippen LogP contribution is 2.19. The number of hydrogen-bond acceptors (Lipinski definition) is 3. The fourth-order valence-electron chi connectivity index (χ4n) is 2.29. The highest BCUT2D eigenvalue weighted by atomic mass is 16.4. The number of pyridine rings is 1. The van der Waals surface area contributed by atoms with Crippen LogP contribution in [0.4, 0.5) is 0 Å². The van der Waals surface area contributed by atoms with Crippen molar-refractivity contribution in [3.05, 3.63) is 29.1 Å². The lowest BCUT2D eigenvalue weighted by atomic mass is 9.95. The van der Waals surface area contributed by atoms with E-state index in [1.165, 1.54) is 6.42 Å². The zero-order valence-corrected chi connectivity index (χ0v) is 10.9. The monoisotopic (exact) mass is 248 g/mol. The summed E-state index contributed by atoms with van der Waals surface area (Å²) in [4.78, 5) is 15.2. The summed E-state index contributed by atoms with van der Waals surface area (Å²) in [6, 6.07) is 3.88. The Morgan fingerprint density at radius 1 is 1.56 bits per heavy atom. The molecule has 2 N–H and O–H groups in total. The minimum Gasteiger partial charge on any atom is -0.477 e. The summed E-state index contributed by atoms with van der Waals surface area (Å²) in [5.41, 5.74) is 2.22. The second-order valence-electron chi connectivity index (χ2n) is 5.36. The van der Waals surface area contributed by atoms with E-state index in [2.05, 4.69) is 24.1 Å². The number of aromatic nitrogens is 1. The normalized spacial score (nSPS) is 18.7. The molecule has 0 aromatic carbocycles. The van der Waals surface area contributed by atoms with E-state index in [1.807, 2.05) is 6.07 Å². The zero-order valence-electron chi connectivity index (χ0n) is 10.9. The van der Waals surface area contributed by atoms with E-state index in [-0.39, 0.29) is 5.69 Å². The molecule has 1 unspecified atom stereocenters. The van der Waals surface area contributed by atoms with Crippen LogP contribution in [0.25, 0.3) is 0 Å². The summed E-state index contributed by atoms with van der Waals surface area (Å²) in [7, 11) is 0. The van der Waals surface area contributed by atoms with Crippen molar-refractivity contribution in [2.45, 2.75) is 45.7 Å². The molecule has 1 aliphatic rings. The lowest BCUT2D eigenvalue weighted by Gasteiger charge is -2.26. The number of carboxylic acid groups (broad SMARTS) is 1. The summed E-state index contributed by atoms with van der Waals surface area (Å²) >= 11 is 0. The number of carboxylic acids is 1. The standard InChI is InChI=1S/C14H20N2O2/c1-9(2)3-5-11-7-13-10(8-15-11)4-6-12(16-13)14(17)18/h4,6,9,11,15H,3,5,7-8H2,1-2H3,(H,17,18). The molecular weight excluding hydrogens is 228 g/mol. The number of rotatable bonds is 4. The van der Waals surface area contributed by atoms with E-state index in [0.717, 1.165) is 30.6 Å². The minimum absolute atomic E-state index is 0.151. The highest BCUT2D eigenvalue weighted by Gasteiger charge is 2.20. The van der Waals surface area contributed by atoms with Crippen molar-refractivity contribution in [2.75, 3.05) is 0 Å². The maximum Gasteiger partial charge on any atom is 0.354 e. The van der Waals surface area contributed by atoms with E-state index < -0.39 is 5.97 Å². The van der Waals surface area contributed by atoms with Crippen molar-refractivity contribution in [1.29, 1.82) is 0 Å². The first kappa shape index (κ1) is 13.0. The van der Waals surface area contributed by atoms with E-state index in [4.69, 9.17) is 5.11 Å². The van der Waals surface area contributed by atoms with Crippen molar-refractivity contribution in [3.8, 4) is 0 Å². The van der Waals surface area contributed by atoms with Crippen LogP contribution < -0.4 is 5.32 Å². The summed E-state index contributed by atoms with van der Waals surface area (Å²) in [5, 5.41) is 12.4. The Hall–Kier alpha value is -1.42. The number of fused-ring (bicyclic) bond motifs is 1. The van der Waals surface area contributed by atoms with Crippen LogP contribution in [0, 0.1) is 5.92 Å². The van der Waals surface area contributed by atoms with Gasteiger partial charge in [0, 0.05) is 24.7 Å². The van der Waals surface area contributed by atoms with Gasteiger partial charge in [-0.1, -0.05) is 19.9 Å². The van der Waals surface area contributed by atoms with Crippen LogP contribution in [0.1, 0.15) is 48.4 Å². The first-order valence-electron chi connectivity index (χ1n) is 6.51. The molecule has 1 aromatic heterocycles. The molecule has 1 aliphatic heterocycles. The van der Waals surface area contributed by atoms with Gasteiger partial charge in [-0.15, -0.1) is 0 Å². The summed E-state index contributed by atoms with van der Waals surface area (Å²) in [6.07, 6.45) is 3.14. The van der Waals surface area contributed by atoms with Gasteiger partial charge in [-0.2, -0.15) is 0 Å². The van der Waals surface area contributed by atoms with Gasteiger partial charge in [0.05, 0.1) is 0 Å². The number of nitrogens with zero attached hydrogens (tertiary/aromatic N) is 1. The predicted octanol–water partition coefficient (Wildman–Crippen LogP) is 2.23. The first-order valence-corrected chi connectivity index (χ1v) is 6.51. The van der Waals surface area contributed by atoms with Gasteiger partial charge in [-0.3, -0.25) is 0 Å². The lowest BCUT2D eigenvalue weighted by Crippen LogP contribution is -2.36. The second kappa shape index (κ2) is 5.48. The lowest BCUT2D eigenvalue weighted by molar-refractivity contribution is 0.0690. The fraction of sp³-hybridized carbons (Fsp3) is 0.571. The number of nitrogens with one attached hydrogen (secondary N) is 1. The Balaban J connectivity index is 2.07. The van der Waals surface area contributed by atoms with Crippen LogP contribution in [-0.4, -0.2) is 22.1 Å². The molecule has 4 heteroatoms. The Morgan fingerprint density at radius 3 is 3.00 bits per heavy atom. The molecule has 98 valence electrons. The SMILES string of the molecule is CC(C)CCC1Cc2nc(C(=O)O)ccc2CN1. The molecule has 2 rings (SSSR count). The van der Waals surface area contributed by atoms with Crippen molar-refractivity contribution in [1.82, 2.24) is 10.3 Å². The molecule has 0 radical (unpaired) electrons. The molecule has 0 fully saturated rings.